The van der Waals surface area contributed by atoms with Crippen LogP contribution in [0.15, 0.2) is 53.7 Å². The van der Waals surface area contributed by atoms with Gasteiger partial charge in [-0.25, -0.2) is 0 Å². The highest BCUT2D eigenvalue weighted by atomic mass is 16.8. The maximum Gasteiger partial charge on any atom is 0.303 e. The monoisotopic (exact) mass is 595 g/mol. The Bertz CT molecular complexity index is 1430. The molecule has 0 unspecified atom stereocenters. The average molecular weight is 596 g/mol. The van der Waals surface area contributed by atoms with Crippen LogP contribution in [0, 0.1) is 6.92 Å². The Balaban J connectivity index is 1.71. The smallest absolute Gasteiger partial charge is 0.303 e. The summed E-state index contributed by atoms with van der Waals surface area (Å²) in [5.74, 6) is -3.09. The lowest BCUT2D eigenvalue weighted by atomic mass is 9.96. The maximum absolute atomic E-state index is 13.7. The molecular formula is C30H33N3O10. The highest BCUT2D eigenvalue weighted by molar-refractivity contribution is 6.54. The number of nitrogens with zero attached hydrogens (tertiary/aromatic N) is 2. The predicted octanol–water partition coefficient (Wildman–Crippen LogP) is 1.92. The van der Waals surface area contributed by atoms with Crippen molar-refractivity contribution in [2.45, 2.75) is 71.8 Å². The highest BCUT2D eigenvalue weighted by Crippen LogP contribution is 2.33. The Kier molecular flexibility index (Phi) is 9.76. The van der Waals surface area contributed by atoms with Crippen molar-refractivity contribution < 1.29 is 47.8 Å². The molecule has 1 saturated heterocycles. The Morgan fingerprint density at radius 3 is 2.23 bits per heavy atom. The molecule has 2 heterocycles. The second kappa shape index (κ2) is 13.5. The van der Waals surface area contributed by atoms with E-state index in [1.54, 1.807) is 11.0 Å². The van der Waals surface area contributed by atoms with E-state index in [0.717, 1.165) is 25.0 Å². The largest absolute Gasteiger partial charge is 0.463 e. The van der Waals surface area contributed by atoms with Gasteiger partial charge in [-0.05, 0) is 24.6 Å². The molecule has 0 aromatic heterocycles. The minimum absolute atomic E-state index is 0.0116. The number of carbonyl (C=O) groups is 5. The van der Waals surface area contributed by atoms with Crippen LogP contribution in [0.1, 0.15) is 44.4 Å². The van der Waals surface area contributed by atoms with Crippen LogP contribution in [-0.2, 0) is 54.3 Å². The number of hydrogen-bond donors (Lipinski definition) is 1. The van der Waals surface area contributed by atoms with Gasteiger partial charge in [0.05, 0.1) is 12.2 Å². The van der Waals surface area contributed by atoms with Crippen molar-refractivity contribution in [1.29, 1.82) is 0 Å². The van der Waals surface area contributed by atoms with Crippen LogP contribution < -0.4 is 10.2 Å². The summed E-state index contributed by atoms with van der Waals surface area (Å²) in [6.07, 6.45) is -5.26. The molecule has 2 amide bonds. The summed E-state index contributed by atoms with van der Waals surface area (Å²) in [6.45, 7) is 6.44. The fourth-order valence-electron chi connectivity index (χ4n) is 4.92. The van der Waals surface area contributed by atoms with Crippen molar-refractivity contribution in [3.63, 3.8) is 0 Å². The van der Waals surface area contributed by atoms with Gasteiger partial charge >= 0.3 is 17.9 Å². The minimum Gasteiger partial charge on any atom is -0.463 e. The number of fused-ring (bicyclic) bond motifs is 1. The second-order valence-electron chi connectivity index (χ2n) is 10.2. The number of amides is 2. The van der Waals surface area contributed by atoms with E-state index in [-0.39, 0.29) is 12.3 Å². The van der Waals surface area contributed by atoms with Gasteiger partial charge in [0.2, 0.25) is 5.91 Å². The van der Waals surface area contributed by atoms with Gasteiger partial charge in [0.15, 0.2) is 17.9 Å². The van der Waals surface area contributed by atoms with Crippen molar-refractivity contribution in [2.24, 2.45) is 5.16 Å². The molecule has 0 spiro atoms. The van der Waals surface area contributed by atoms with Crippen LogP contribution in [0.4, 0.5) is 5.69 Å². The van der Waals surface area contributed by atoms with Crippen LogP contribution >= 0.6 is 0 Å². The van der Waals surface area contributed by atoms with Crippen LogP contribution in [0.3, 0.4) is 0 Å². The third-order valence-corrected chi connectivity index (χ3v) is 6.65. The van der Waals surface area contributed by atoms with Gasteiger partial charge in [0, 0.05) is 33.3 Å². The highest BCUT2D eigenvalue weighted by Gasteiger charge is 2.52. The van der Waals surface area contributed by atoms with Crippen molar-refractivity contribution in [1.82, 2.24) is 5.32 Å². The number of aryl methyl sites for hydroxylation is 1. The lowest BCUT2D eigenvalue weighted by Crippen LogP contribution is -2.66. The van der Waals surface area contributed by atoms with Crippen LogP contribution in [0.25, 0.3) is 0 Å². The van der Waals surface area contributed by atoms with E-state index in [4.69, 9.17) is 23.8 Å². The van der Waals surface area contributed by atoms with Gasteiger partial charge in [-0.3, -0.25) is 24.0 Å². The van der Waals surface area contributed by atoms with Gasteiger partial charge in [-0.15, -0.1) is 0 Å². The number of hydrogen-bond acceptors (Lipinski definition) is 11. The third-order valence-electron chi connectivity index (χ3n) is 6.65. The molecule has 5 atom stereocenters. The van der Waals surface area contributed by atoms with Crippen molar-refractivity contribution in [3.05, 3.63) is 65.2 Å². The van der Waals surface area contributed by atoms with E-state index in [9.17, 15) is 24.0 Å². The summed E-state index contributed by atoms with van der Waals surface area (Å²) in [7, 11) is 0. The number of rotatable bonds is 9. The molecule has 2 aliphatic heterocycles. The summed E-state index contributed by atoms with van der Waals surface area (Å²) in [6, 6.07) is 13.7. The molecule has 2 aliphatic rings. The van der Waals surface area contributed by atoms with Crippen LogP contribution in [0.2, 0.25) is 0 Å². The number of carbonyl (C=O) groups excluding carboxylic acids is 5. The minimum atomic E-state index is -1.46. The maximum atomic E-state index is 13.7. The first-order valence-corrected chi connectivity index (χ1v) is 13.6. The van der Waals surface area contributed by atoms with Crippen LogP contribution in [0.5, 0.6) is 0 Å². The summed E-state index contributed by atoms with van der Waals surface area (Å²) in [5.41, 5.74) is 2.93. The molecular weight excluding hydrogens is 562 g/mol. The molecule has 13 heteroatoms. The molecule has 1 N–H and O–H groups in total. The Hall–Kier alpha value is -4.78. The SMILES string of the molecule is CC(=O)N[C@@H]1[C@H](O/N=C2\C(=O)N(Cc3ccccc3)c3ccc(C)cc32)O[C@H](COC(C)=O)[C@@H](OC(C)=O)[C@H]1OC(C)=O. The molecule has 1 fully saturated rings. The van der Waals surface area contributed by atoms with E-state index >= 15 is 0 Å². The van der Waals surface area contributed by atoms with Crippen molar-refractivity contribution in [3.8, 4) is 0 Å². The fraction of sp³-hybridized carbons (Fsp3) is 0.400. The lowest BCUT2D eigenvalue weighted by molar-refractivity contribution is -0.278. The van der Waals surface area contributed by atoms with Gasteiger partial charge in [-0.2, -0.15) is 0 Å². The predicted molar refractivity (Wildman–Crippen MR) is 150 cm³/mol. The zero-order valence-electron chi connectivity index (χ0n) is 24.4. The van der Waals surface area contributed by atoms with E-state index in [0.29, 0.717) is 11.3 Å². The van der Waals surface area contributed by atoms with Crippen LogP contribution in [-0.4, -0.2) is 72.7 Å². The number of esters is 3. The second-order valence-corrected chi connectivity index (χ2v) is 10.2. The number of benzene rings is 2. The molecule has 0 aliphatic carbocycles. The molecule has 0 bridgehead atoms. The Labute approximate surface area is 248 Å². The molecule has 0 radical (unpaired) electrons. The average Bonchev–Trinajstić information content (AvgIpc) is 3.18. The first kappa shape index (κ1) is 31.2. The third kappa shape index (κ3) is 7.55. The lowest BCUT2D eigenvalue weighted by Gasteiger charge is -2.43. The molecule has 2 aromatic rings. The first-order chi connectivity index (χ1) is 20.4. The fourth-order valence-corrected chi connectivity index (χ4v) is 4.92. The van der Waals surface area contributed by atoms with E-state index in [1.165, 1.54) is 13.8 Å². The Morgan fingerprint density at radius 1 is 0.930 bits per heavy atom. The summed E-state index contributed by atoms with van der Waals surface area (Å²) >= 11 is 0. The molecule has 43 heavy (non-hydrogen) atoms. The molecule has 0 saturated carbocycles. The number of nitrogens with one attached hydrogen (secondary N) is 1. The van der Waals surface area contributed by atoms with Gasteiger partial charge in [0.1, 0.15) is 18.8 Å². The quantitative estimate of drug-likeness (QED) is 0.258. The molecule has 13 nitrogen and oxygen atoms in total. The standard InChI is InChI=1S/C30H33N3O10/c1-16-11-12-23-22(13-16)25(29(38)33(23)14-21-9-7-6-8-10-21)32-43-30-26(31-17(2)34)28(41-20(5)37)27(40-19(4)36)24(42-30)15-39-18(3)35/h6-13,24,26-28,30H,14-15H2,1-5H3,(H,31,34)/b32-25-/t24-,26+,27-,28+,30+/m1/s1. The summed E-state index contributed by atoms with van der Waals surface area (Å²) < 4.78 is 22.0. The molecule has 228 valence electrons. The zero-order chi connectivity index (χ0) is 31.3. The first-order valence-electron chi connectivity index (χ1n) is 13.6. The molecule has 4 rings (SSSR count). The van der Waals surface area contributed by atoms with E-state index in [1.807, 2.05) is 49.4 Å². The summed E-state index contributed by atoms with van der Waals surface area (Å²) in [4.78, 5) is 68.9. The Morgan fingerprint density at radius 2 is 1.60 bits per heavy atom. The zero-order valence-corrected chi connectivity index (χ0v) is 24.4. The van der Waals surface area contributed by atoms with Crippen molar-refractivity contribution in [2.75, 3.05) is 11.5 Å². The summed E-state index contributed by atoms with van der Waals surface area (Å²) in [5, 5.41) is 6.78. The van der Waals surface area contributed by atoms with E-state index in [2.05, 4.69) is 10.5 Å². The topological polar surface area (TPSA) is 159 Å². The number of anilines is 1. The van der Waals surface area contributed by atoms with Gasteiger partial charge in [-0.1, -0.05) is 47.1 Å². The van der Waals surface area contributed by atoms with Crippen molar-refractivity contribution >= 4 is 41.1 Å². The number of ether oxygens (including phenoxy) is 4. The van der Waals surface area contributed by atoms with Gasteiger partial charge < -0.3 is 34.0 Å². The van der Waals surface area contributed by atoms with Gasteiger partial charge in [0.25, 0.3) is 12.2 Å². The number of oxime groups is 1. The normalized spacial score (nSPS) is 23.7. The molecule has 2 aromatic carbocycles. The van der Waals surface area contributed by atoms with E-state index < -0.39 is 67.0 Å².